The van der Waals surface area contributed by atoms with Gasteiger partial charge in [0.2, 0.25) is 0 Å². The number of hydrazine groups is 2. The summed E-state index contributed by atoms with van der Waals surface area (Å²) in [6.07, 6.45) is 11.2. The molecule has 4 aromatic carbocycles. The highest BCUT2D eigenvalue weighted by molar-refractivity contribution is 6.12. The number of hydrogen-bond donors (Lipinski definition) is 5. The van der Waals surface area contributed by atoms with Crippen LogP contribution in [0.25, 0.3) is 54.6 Å². The SMILES string of the molecule is COc1ccc2c(ccc3nc4c(NCCCNCCOCCOCCOCCN5C=C(CCCN(C)CCCNc6nc(CN(C)C7CCC(C(C)(C)C)CC7)nc7ccccc67)NN5)nc5ccccc5c4nc32)c1. The molecular weight excluding hydrogens is 967 g/mol. The lowest BCUT2D eigenvalue weighted by Crippen LogP contribution is -2.38. The number of aromatic nitrogens is 5. The van der Waals surface area contributed by atoms with Gasteiger partial charge in [0.15, 0.2) is 5.82 Å². The van der Waals surface area contributed by atoms with Gasteiger partial charge in [0.1, 0.15) is 28.4 Å². The lowest BCUT2D eigenvalue weighted by molar-refractivity contribution is 0.0112. The standard InChI is InChI=1S/C60H83N13O4/c1-60(2,3)44-20-22-46(23-21-44)72(5)42-54-64-52-18-10-8-16-50(52)58(67-54)62-29-13-32-71(4)31-11-14-45-41-73(70-69-45)33-35-76-37-39-77-38-36-75-34-30-61-27-12-28-63-59-57-56(49-15-7-9-17-51(49)66-59)68-55-48-25-24-47(74-6)40-43(48)19-26-53(55)65-57/h7-10,15-19,24-26,40-41,44,46,61,69-70H,11-14,20-23,27-39,42H2,1-6H3,(H,63,66)(H,62,64,67). The van der Waals surface area contributed by atoms with E-state index < -0.39 is 0 Å². The van der Waals surface area contributed by atoms with Crippen molar-refractivity contribution in [2.24, 2.45) is 11.3 Å². The van der Waals surface area contributed by atoms with Crippen LogP contribution in [0.5, 0.6) is 5.75 Å². The third-order valence-corrected chi connectivity index (χ3v) is 15.2. The minimum atomic E-state index is 0.393. The number of fused-ring (bicyclic) bond motifs is 7. The Balaban J connectivity index is 0.576. The number of hydrogen-bond acceptors (Lipinski definition) is 17. The number of benzene rings is 4. The van der Waals surface area contributed by atoms with Gasteiger partial charge in [-0.1, -0.05) is 57.2 Å². The molecule has 0 atom stereocenters. The Morgan fingerprint density at radius 3 is 2.14 bits per heavy atom. The van der Waals surface area contributed by atoms with E-state index in [1.807, 2.05) is 41.4 Å². The van der Waals surface area contributed by atoms with Crippen LogP contribution in [0.1, 0.15) is 78.0 Å². The molecule has 17 nitrogen and oxygen atoms in total. The highest BCUT2D eigenvalue weighted by Gasteiger charge is 2.31. The molecule has 2 aliphatic rings. The molecule has 5 N–H and O–H groups in total. The maximum atomic E-state index is 5.84. The second-order valence-electron chi connectivity index (χ2n) is 21.9. The Morgan fingerprint density at radius 1 is 0.636 bits per heavy atom. The van der Waals surface area contributed by atoms with Crippen molar-refractivity contribution in [3.8, 4) is 5.75 Å². The predicted octanol–water partition coefficient (Wildman–Crippen LogP) is 9.29. The van der Waals surface area contributed by atoms with Gasteiger partial charge in [0, 0.05) is 53.7 Å². The second-order valence-corrected chi connectivity index (χ2v) is 21.9. The van der Waals surface area contributed by atoms with Crippen molar-refractivity contribution in [3.63, 3.8) is 0 Å². The molecule has 77 heavy (non-hydrogen) atoms. The number of methoxy groups -OCH3 is 1. The van der Waals surface area contributed by atoms with E-state index in [-0.39, 0.29) is 0 Å². The van der Waals surface area contributed by atoms with Crippen molar-refractivity contribution in [1.29, 1.82) is 0 Å². The Hall–Kier alpha value is -6.05. The fourth-order valence-corrected chi connectivity index (χ4v) is 10.7. The summed E-state index contributed by atoms with van der Waals surface area (Å²) in [4.78, 5) is 30.2. The van der Waals surface area contributed by atoms with Gasteiger partial charge in [0.25, 0.3) is 0 Å². The summed E-state index contributed by atoms with van der Waals surface area (Å²) in [5.41, 5.74) is 13.3. The first-order chi connectivity index (χ1) is 37.6. The van der Waals surface area contributed by atoms with Crippen LogP contribution >= 0.6 is 0 Å². The maximum absolute atomic E-state index is 5.84. The Bertz CT molecular complexity index is 3030. The predicted molar refractivity (Wildman–Crippen MR) is 312 cm³/mol. The van der Waals surface area contributed by atoms with Crippen LogP contribution in [0.3, 0.4) is 0 Å². The molecule has 17 heteroatoms. The molecule has 4 heterocycles. The Kier molecular flexibility index (Phi) is 19.9. The van der Waals surface area contributed by atoms with Gasteiger partial charge < -0.3 is 45.2 Å². The average molecular weight is 1050 g/mol. The molecular formula is C60H83N13O4. The van der Waals surface area contributed by atoms with E-state index in [1.54, 1.807) is 7.11 Å². The first-order valence-corrected chi connectivity index (χ1v) is 28.1. The lowest BCUT2D eigenvalue weighted by Gasteiger charge is -2.39. The zero-order valence-corrected chi connectivity index (χ0v) is 46.5. The van der Waals surface area contributed by atoms with Gasteiger partial charge in [-0.15, -0.1) is 5.53 Å². The van der Waals surface area contributed by atoms with E-state index >= 15 is 0 Å². The highest BCUT2D eigenvalue weighted by atomic mass is 16.5. The maximum Gasteiger partial charge on any atom is 0.154 e. The molecule has 0 unspecified atom stereocenters. The van der Waals surface area contributed by atoms with Crippen LogP contribution in [-0.4, -0.2) is 152 Å². The summed E-state index contributed by atoms with van der Waals surface area (Å²) in [5.74, 6) is 4.22. The number of allylic oxidation sites excluding steroid dienone is 1. The van der Waals surface area contributed by atoms with Crippen molar-refractivity contribution in [3.05, 3.63) is 96.6 Å². The number of rotatable bonds is 30. The van der Waals surface area contributed by atoms with Crippen LogP contribution in [-0.2, 0) is 20.8 Å². The smallest absolute Gasteiger partial charge is 0.154 e. The van der Waals surface area contributed by atoms with Gasteiger partial charge in [-0.25, -0.2) is 24.9 Å². The summed E-state index contributed by atoms with van der Waals surface area (Å²) < 4.78 is 22.8. The molecule has 0 radical (unpaired) electrons. The lowest BCUT2D eigenvalue weighted by atomic mass is 9.71. The van der Waals surface area contributed by atoms with Gasteiger partial charge >= 0.3 is 0 Å². The normalized spacial score (nSPS) is 16.2. The van der Waals surface area contributed by atoms with E-state index in [2.05, 4.69) is 120 Å². The first-order valence-electron chi connectivity index (χ1n) is 28.1. The number of pyridine rings is 1. The van der Waals surface area contributed by atoms with Crippen molar-refractivity contribution in [2.45, 2.75) is 84.7 Å². The van der Waals surface area contributed by atoms with Crippen molar-refractivity contribution < 1.29 is 18.9 Å². The molecule has 7 aromatic rings. The van der Waals surface area contributed by atoms with Crippen molar-refractivity contribution >= 4 is 66.3 Å². The summed E-state index contributed by atoms with van der Waals surface area (Å²) in [6.45, 7) is 17.3. The number of ether oxygens (including phenoxy) is 4. The van der Waals surface area contributed by atoms with Gasteiger partial charge in [-0.2, -0.15) is 0 Å². The molecule has 1 fully saturated rings. The Morgan fingerprint density at radius 2 is 1.35 bits per heavy atom. The molecule has 9 rings (SSSR count). The van der Waals surface area contributed by atoms with Gasteiger partial charge in [-0.05, 0) is 144 Å². The summed E-state index contributed by atoms with van der Waals surface area (Å²) >= 11 is 0. The highest BCUT2D eigenvalue weighted by Crippen LogP contribution is 2.39. The third-order valence-electron chi connectivity index (χ3n) is 15.2. The monoisotopic (exact) mass is 1050 g/mol. The minimum Gasteiger partial charge on any atom is -0.497 e. The largest absolute Gasteiger partial charge is 0.497 e. The van der Waals surface area contributed by atoms with Crippen LogP contribution in [0.2, 0.25) is 0 Å². The quantitative estimate of drug-likeness (QED) is 0.0164. The molecule has 3 aromatic heterocycles. The second kappa shape index (κ2) is 27.5. The minimum absolute atomic E-state index is 0.393. The molecule has 1 saturated carbocycles. The van der Waals surface area contributed by atoms with Crippen LogP contribution in [0.15, 0.2) is 90.8 Å². The van der Waals surface area contributed by atoms with Crippen molar-refractivity contribution in [1.82, 2.24) is 56.0 Å². The molecule has 0 saturated heterocycles. The summed E-state index contributed by atoms with van der Waals surface area (Å²) in [5, 5.41) is 16.9. The van der Waals surface area contributed by atoms with Crippen LogP contribution < -0.4 is 31.6 Å². The van der Waals surface area contributed by atoms with Gasteiger partial charge in [0.05, 0.1) is 81.9 Å². The Labute approximate surface area is 455 Å². The molecule has 0 amide bonds. The number of nitrogens with one attached hydrogen (secondary N) is 5. The average Bonchev–Trinajstić information content (AvgIpc) is 3.92. The molecule has 1 aliphatic carbocycles. The van der Waals surface area contributed by atoms with Gasteiger partial charge in [-0.3, -0.25) is 9.91 Å². The molecule has 0 spiro atoms. The van der Waals surface area contributed by atoms with Crippen molar-refractivity contribution in [2.75, 3.05) is 117 Å². The first kappa shape index (κ1) is 55.7. The molecule has 412 valence electrons. The third kappa shape index (κ3) is 15.4. The zero-order chi connectivity index (χ0) is 53.4. The van der Waals surface area contributed by atoms with E-state index in [0.29, 0.717) is 51.1 Å². The zero-order valence-electron chi connectivity index (χ0n) is 46.5. The molecule has 1 aliphatic heterocycles. The number of nitrogens with zero attached hydrogens (tertiary/aromatic N) is 8. The van der Waals surface area contributed by atoms with E-state index in [1.165, 1.54) is 31.4 Å². The number of para-hydroxylation sites is 2. The summed E-state index contributed by atoms with van der Waals surface area (Å²) in [7, 11) is 6.14. The van der Waals surface area contributed by atoms with E-state index in [9.17, 15) is 0 Å². The fourth-order valence-electron chi connectivity index (χ4n) is 10.7. The topological polar surface area (TPSA) is 171 Å². The van der Waals surface area contributed by atoms with E-state index in [0.717, 1.165) is 162 Å². The fraction of sp³-hybridized carbons (Fsp3) is 0.517. The number of anilines is 2. The summed E-state index contributed by atoms with van der Waals surface area (Å²) in [6, 6.07) is 27.2. The van der Waals surface area contributed by atoms with Crippen LogP contribution in [0.4, 0.5) is 11.6 Å². The van der Waals surface area contributed by atoms with E-state index in [4.69, 9.17) is 43.9 Å². The molecule has 0 bridgehead atoms. The van der Waals surface area contributed by atoms with Crippen LogP contribution in [0, 0.1) is 11.3 Å².